The van der Waals surface area contributed by atoms with Gasteiger partial charge in [-0.2, -0.15) is 0 Å². The maximum atomic E-state index is 6.12. The van der Waals surface area contributed by atoms with E-state index in [0.29, 0.717) is 13.2 Å². The summed E-state index contributed by atoms with van der Waals surface area (Å²) >= 11 is 0. The average molecular weight is 282 g/mol. The lowest BCUT2D eigenvalue weighted by Crippen LogP contribution is -2.59. The van der Waals surface area contributed by atoms with Crippen molar-refractivity contribution in [2.75, 3.05) is 13.2 Å². The van der Waals surface area contributed by atoms with Crippen LogP contribution in [0, 0.1) is 0 Å². The molecule has 2 unspecified atom stereocenters. The second kappa shape index (κ2) is 5.70. The molecule has 0 aromatic carbocycles. The summed E-state index contributed by atoms with van der Waals surface area (Å²) in [5.74, 6) is 0.892. The van der Waals surface area contributed by atoms with Gasteiger partial charge in [-0.05, 0) is 40.2 Å². The Balaban J connectivity index is 2.12. The highest BCUT2D eigenvalue weighted by atomic mass is 16.6. The minimum Gasteiger partial charge on any atom is -0.493 e. The van der Waals surface area contributed by atoms with Gasteiger partial charge in [-0.15, -0.1) is 0 Å². The van der Waals surface area contributed by atoms with Crippen molar-refractivity contribution in [2.24, 2.45) is 0 Å². The van der Waals surface area contributed by atoms with Crippen LogP contribution in [0.1, 0.15) is 41.0 Å². The molecule has 3 heterocycles. The molecule has 0 N–H and O–H groups in total. The predicted octanol–water partition coefficient (Wildman–Crippen LogP) is 1.63. The van der Waals surface area contributed by atoms with E-state index in [9.17, 15) is 0 Å². The molecular formula is C15H27BO4. The molecule has 1 saturated heterocycles. The molecule has 114 valence electrons. The smallest absolute Gasteiger partial charge is 0.143 e. The Bertz CT molecular complexity index is 380. The van der Waals surface area contributed by atoms with Crippen molar-refractivity contribution in [1.29, 1.82) is 0 Å². The molecule has 3 rings (SSSR count). The van der Waals surface area contributed by atoms with Crippen LogP contribution in [0.2, 0.25) is 0 Å². The maximum Gasteiger partial charge on any atom is 0.143 e. The van der Waals surface area contributed by atoms with Gasteiger partial charge in [-0.25, -0.2) is 0 Å². The van der Waals surface area contributed by atoms with Gasteiger partial charge < -0.3 is 18.9 Å². The lowest BCUT2D eigenvalue weighted by molar-refractivity contribution is -0.231. The normalized spacial score (nSPS) is 33.4. The summed E-state index contributed by atoms with van der Waals surface area (Å²) in [6.07, 6.45) is 3.08. The van der Waals surface area contributed by atoms with Crippen LogP contribution in [-0.4, -0.2) is 50.5 Å². The summed E-state index contributed by atoms with van der Waals surface area (Å²) in [5.41, 5.74) is -0.659. The van der Waals surface area contributed by atoms with Crippen molar-refractivity contribution in [1.82, 2.24) is 0 Å². The Labute approximate surface area is 123 Å². The fourth-order valence-electron chi connectivity index (χ4n) is 2.47. The number of ether oxygens (including phenoxy) is 4. The van der Waals surface area contributed by atoms with Crippen LogP contribution in [0.4, 0.5) is 0 Å². The van der Waals surface area contributed by atoms with Crippen LogP contribution in [0.15, 0.2) is 11.8 Å². The van der Waals surface area contributed by atoms with Crippen molar-refractivity contribution >= 4 is 7.85 Å². The largest absolute Gasteiger partial charge is 0.493 e. The first kappa shape index (κ1) is 15.9. The van der Waals surface area contributed by atoms with Crippen LogP contribution in [0.25, 0.3) is 0 Å². The monoisotopic (exact) mass is 282 g/mol. The van der Waals surface area contributed by atoms with E-state index in [2.05, 4.69) is 26.8 Å². The fourth-order valence-corrected chi connectivity index (χ4v) is 2.47. The standard InChI is InChI=1S/C15H27BO4/c1-6-14(4,5)18-9-15-7-11(19-10(2)3)12(17-8-15)13(16)20-15/h7,10,12-13H,6,8-9,16H2,1-5H3/t12-,13?,15?/m0/s1. The molecule has 0 aromatic rings. The highest BCUT2D eigenvalue weighted by Gasteiger charge is 2.48. The highest BCUT2D eigenvalue weighted by Crippen LogP contribution is 2.37. The lowest BCUT2D eigenvalue weighted by atomic mass is 9.84. The van der Waals surface area contributed by atoms with Gasteiger partial charge in [-0.3, -0.25) is 0 Å². The maximum absolute atomic E-state index is 6.12. The average Bonchev–Trinajstić information content (AvgIpc) is 2.36. The minimum absolute atomic E-state index is 0.00385. The molecule has 4 nitrogen and oxygen atoms in total. The number of hydrogen-bond acceptors (Lipinski definition) is 4. The van der Waals surface area contributed by atoms with Gasteiger partial charge in [0.25, 0.3) is 0 Å². The first-order chi connectivity index (χ1) is 9.27. The third kappa shape index (κ3) is 3.38. The van der Waals surface area contributed by atoms with Gasteiger partial charge in [0.15, 0.2) is 0 Å². The highest BCUT2D eigenvalue weighted by molar-refractivity contribution is 6.11. The molecule has 0 aromatic heterocycles. The number of rotatable bonds is 6. The predicted molar refractivity (Wildman–Crippen MR) is 80.5 cm³/mol. The van der Waals surface area contributed by atoms with Crippen molar-refractivity contribution in [2.45, 2.75) is 70.5 Å². The molecule has 1 fully saturated rings. The molecule has 3 aliphatic heterocycles. The van der Waals surface area contributed by atoms with E-state index in [0.717, 1.165) is 12.2 Å². The van der Waals surface area contributed by atoms with E-state index in [4.69, 9.17) is 18.9 Å². The van der Waals surface area contributed by atoms with E-state index in [-0.39, 0.29) is 23.8 Å². The Morgan fingerprint density at radius 2 is 2.20 bits per heavy atom. The second-order valence-electron chi connectivity index (χ2n) is 6.73. The van der Waals surface area contributed by atoms with Crippen molar-refractivity contribution in [3.63, 3.8) is 0 Å². The first-order valence-electron chi connectivity index (χ1n) is 7.60. The van der Waals surface area contributed by atoms with E-state index in [1.807, 2.05) is 21.7 Å². The molecule has 0 amide bonds. The first-order valence-corrected chi connectivity index (χ1v) is 7.60. The molecule has 3 aliphatic rings. The van der Waals surface area contributed by atoms with Gasteiger partial charge in [0.1, 0.15) is 25.3 Å². The van der Waals surface area contributed by atoms with Crippen LogP contribution >= 0.6 is 0 Å². The van der Waals surface area contributed by atoms with Gasteiger partial charge in [0.2, 0.25) is 0 Å². The third-order valence-electron chi connectivity index (χ3n) is 3.97. The van der Waals surface area contributed by atoms with E-state index < -0.39 is 5.60 Å². The van der Waals surface area contributed by atoms with Crippen LogP contribution < -0.4 is 0 Å². The molecule has 0 spiro atoms. The molecule has 0 radical (unpaired) electrons. The number of fused-ring (bicyclic) bond motifs is 2. The topological polar surface area (TPSA) is 36.9 Å². The SMILES string of the molecule is BC1OC2(COC(C)(C)CC)C=C(OC(C)C)[C@@H]1OC2. The Kier molecular flexibility index (Phi) is 4.52. The molecule has 20 heavy (non-hydrogen) atoms. The summed E-state index contributed by atoms with van der Waals surface area (Å²) in [6.45, 7) is 11.4. The zero-order chi connectivity index (χ0) is 15.0. The molecule has 3 atom stereocenters. The summed E-state index contributed by atoms with van der Waals surface area (Å²) < 4.78 is 23.9. The Morgan fingerprint density at radius 1 is 1.50 bits per heavy atom. The van der Waals surface area contributed by atoms with Gasteiger partial charge >= 0.3 is 0 Å². The van der Waals surface area contributed by atoms with Crippen molar-refractivity contribution < 1.29 is 18.9 Å². The van der Waals surface area contributed by atoms with Crippen LogP contribution in [-0.2, 0) is 18.9 Å². The van der Waals surface area contributed by atoms with Crippen molar-refractivity contribution in [3.05, 3.63) is 11.8 Å². The summed E-state index contributed by atoms with van der Waals surface area (Å²) in [5, 5.41) is 0. The molecule has 2 bridgehead atoms. The van der Waals surface area contributed by atoms with Gasteiger partial charge in [0, 0.05) is 0 Å². The Morgan fingerprint density at radius 3 is 2.75 bits per heavy atom. The second-order valence-corrected chi connectivity index (χ2v) is 6.73. The van der Waals surface area contributed by atoms with Gasteiger partial charge in [-0.1, -0.05) is 6.92 Å². The summed E-state index contributed by atoms with van der Waals surface area (Å²) in [4.78, 5) is 0. The van der Waals surface area contributed by atoms with E-state index in [1.165, 1.54) is 0 Å². The molecular weight excluding hydrogens is 255 g/mol. The fraction of sp³-hybridized carbons (Fsp3) is 0.867. The molecule has 0 aliphatic carbocycles. The number of hydrogen-bond donors (Lipinski definition) is 0. The summed E-state index contributed by atoms with van der Waals surface area (Å²) in [7, 11) is 2.03. The summed E-state index contributed by atoms with van der Waals surface area (Å²) in [6, 6.07) is -0.00385. The molecule has 5 heteroatoms. The van der Waals surface area contributed by atoms with Crippen LogP contribution in [0.3, 0.4) is 0 Å². The zero-order valence-electron chi connectivity index (χ0n) is 13.6. The van der Waals surface area contributed by atoms with Crippen LogP contribution in [0.5, 0.6) is 0 Å². The van der Waals surface area contributed by atoms with E-state index >= 15 is 0 Å². The zero-order valence-corrected chi connectivity index (χ0v) is 13.6. The lowest BCUT2D eigenvalue weighted by Gasteiger charge is -2.48. The quantitative estimate of drug-likeness (QED) is 0.694. The van der Waals surface area contributed by atoms with E-state index in [1.54, 1.807) is 0 Å². The Hall–Kier alpha value is -0.515. The van der Waals surface area contributed by atoms with Crippen molar-refractivity contribution in [3.8, 4) is 0 Å². The minimum atomic E-state index is -0.509. The third-order valence-corrected chi connectivity index (χ3v) is 3.97. The molecule has 0 saturated carbocycles. The van der Waals surface area contributed by atoms with Gasteiger partial charge in [0.05, 0.1) is 30.9 Å².